The Morgan fingerprint density at radius 1 is 1.11 bits per heavy atom. The first-order valence-electron chi connectivity index (χ1n) is 13.1. The van der Waals surface area contributed by atoms with Gasteiger partial charge in [-0.2, -0.15) is 5.10 Å². The third kappa shape index (κ3) is 4.68. The minimum atomic E-state index is -0.115. The fraction of sp³-hybridized carbons (Fsp3) is 0.593. The summed E-state index contributed by atoms with van der Waals surface area (Å²) >= 11 is 0. The summed E-state index contributed by atoms with van der Waals surface area (Å²) in [6, 6.07) is 6.88. The standard InChI is InChI=1S/C27H38N6O2/c1-5-35-22-17-20(33-15-13-19(14-16-33)31(2)3)11-12-21(22)25-28-26-23(27(34)29-25)24(30-32(26)4)18-9-7-6-8-10-18/h11-12,17-19H,5-10,13-16H2,1-4H3,(H,28,29,34). The number of aromatic amines is 1. The average Bonchev–Trinajstić information content (AvgIpc) is 3.21. The lowest BCUT2D eigenvalue weighted by atomic mass is 9.86. The summed E-state index contributed by atoms with van der Waals surface area (Å²) in [5.41, 5.74) is 3.39. The molecule has 8 heteroatoms. The lowest BCUT2D eigenvalue weighted by Gasteiger charge is -2.36. The van der Waals surface area contributed by atoms with E-state index in [1.54, 1.807) is 4.68 Å². The van der Waals surface area contributed by atoms with E-state index in [1.807, 2.05) is 20.0 Å². The number of nitrogens with one attached hydrogen (secondary N) is 1. The molecule has 1 aliphatic carbocycles. The summed E-state index contributed by atoms with van der Waals surface area (Å²) < 4.78 is 7.81. The Hall–Kier alpha value is -2.87. The van der Waals surface area contributed by atoms with Crippen LogP contribution in [-0.4, -0.2) is 64.5 Å². The van der Waals surface area contributed by atoms with Gasteiger partial charge in [-0.15, -0.1) is 0 Å². The molecule has 35 heavy (non-hydrogen) atoms. The van der Waals surface area contributed by atoms with E-state index in [0.717, 1.165) is 61.5 Å². The summed E-state index contributed by atoms with van der Waals surface area (Å²) in [6.45, 7) is 4.57. The highest BCUT2D eigenvalue weighted by molar-refractivity contribution is 5.81. The predicted octanol–water partition coefficient (Wildman–Crippen LogP) is 4.30. The Morgan fingerprint density at radius 3 is 2.54 bits per heavy atom. The second-order valence-corrected chi connectivity index (χ2v) is 10.3. The molecule has 0 radical (unpaired) electrons. The third-order valence-corrected chi connectivity index (χ3v) is 7.79. The molecule has 0 spiro atoms. The van der Waals surface area contributed by atoms with Gasteiger partial charge in [-0.05, 0) is 58.8 Å². The van der Waals surface area contributed by atoms with Crippen molar-refractivity contribution >= 4 is 16.7 Å². The van der Waals surface area contributed by atoms with Crippen LogP contribution in [0.2, 0.25) is 0 Å². The van der Waals surface area contributed by atoms with E-state index in [1.165, 1.54) is 19.3 Å². The summed E-state index contributed by atoms with van der Waals surface area (Å²) in [6.07, 6.45) is 8.14. The van der Waals surface area contributed by atoms with Crippen LogP contribution in [0.25, 0.3) is 22.4 Å². The van der Waals surface area contributed by atoms with Gasteiger partial charge in [0.05, 0.1) is 17.9 Å². The van der Waals surface area contributed by atoms with Crippen molar-refractivity contribution < 1.29 is 4.74 Å². The smallest absolute Gasteiger partial charge is 0.262 e. The molecule has 0 unspecified atom stereocenters. The van der Waals surface area contributed by atoms with E-state index in [4.69, 9.17) is 14.8 Å². The van der Waals surface area contributed by atoms with E-state index in [-0.39, 0.29) is 5.56 Å². The molecule has 1 aliphatic heterocycles. The normalized spacial score (nSPS) is 18.0. The predicted molar refractivity (Wildman–Crippen MR) is 140 cm³/mol. The number of benzene rings is 1. The fourth-order valence-electron chi connectivity index (χ4n) is 5.79. The van der Waals surface area contributed by atoms with Gasteiger partial charge in [-0.3, -0.25) is 4.79 Å². The molecule has 1 aromatic carbocycles. The van der Waals surface area contributed by atoms with E-state index in [2.05, 4.69) is 41.0 Å². The van der Waals surface area contributed by atoms with Crippen LogP contribution in [0.4, 0.5) is 5.69 Å². The number of H-pyrrole nitrogens is 1. The zero-order chi connectivity index (χ0) is 24.5. The van der Waals surface area contributed by atoms with Gasteiger partial charge in [-0.25, -0.2) is 9.67 Å². The maximum Gasteiger partial charge on any atom is 0.262 e. The third-order valence-electron chi connectivity index (χ3n) is 7.79. The molecular weight excluding hydrogens is 440 g/mol. The monoisotopic (exact) mass is 478 g/mol. The molecule has 2 fully saturated rings. The Bertz CT molecular complexity index is 1230. The van der Waals surface area contributed by atoms with Crippen molar-refractivity contribution in [2.75, 3.05) is 38.7 Å². The van der Waals surface area contributed by atoms with E-state index < -0.39 is 0 Å². The average molecular weight is 479 g/mol. The second-order valence-electron chi connectivity index (χ2n) is 10.3. The molecular formula is C27H38N6O2. The molecule has 0 atom stereocenters. The maximum absolute atomic E-state index is 13.3. The van der Waals surface area contributed by atoms with Gasteiger partial charge in [0, 0.05) is 43.9 Å². The van der Waals surface area contributed by atoms with Crippen molar-refractivity contribution in [2.45, 2.75) is 63.8 Å². The SMILES string of the molecule is CCOc1cc(N2CCC(N(C)C)CC2)ccc1-c1nc2c(c(C3CCCCC3)nn2C)c(=O)[nH]1. The first-order valence-corrected chi connectivity index (χ1v) is 13.1. The van der Waals surface area contributed by atoms with E-state index in [9.17, 15) is 4.79 Å². The second kappa shape index (κ2) is 10.0. The molecule has 0 bridgehead atoms. The lowest BCUT2D eigenvalue weighted by molar-refractivity contribution is 0.249. The van der Waals surface area contributed by atoms with Crippen LogP contribution in [0.3, 0.4) is 0 Å². The van der Waals surface area contributed by atoms with Gasteiger partial charge in [0.15, 0.2) is 5.65 Å². The van der Waals surface area contributed by atoms with Crippen LogP contribution in [-0.2, 0) is 7.05 Å². The highest BCUT2D eigenvalue weighted by Crippen LogP contribution is 2.36. The van der Waals surface area contributed by atoms with Crippen molar-refractivity contribution in [3.63, 3.8) is 0 Å². The van der Waals surface area contributed by atoms with Crippen molar-refractivity contribution in [2.24, 2.45) is 7.05 Å². The van der Waals surface area contributed by atoms with Crippen molar-refractivity contribution in [1.29, 1.82) is 0 Å². The van der Waals surface area contributed by atoms with E-state index in [0.29, 0.717) is 35.4 Å². The van der Waals surface area contributed by atoms with Crippen LogP contribution < -0.4 is 15.2 Å². The zero-order valence-corrected chi connectivity index (χ0v) is 21.5. The topological polar surface area (TPSA) is 79.3 Å². The van der Waals surface area contributed by atoms with Crippen molar-refractivity contribution in [3.8, 4) is 17.1 Å². The molecule has 3 aromatic rings. The van der Waals surface area contributed by atoms with Gasteiger partial charge in [0.25, 0.3) is 5.56 Å². The summed E-state index contributed by atoms with van der Waals surface area (Å²) in [4.78, 5) is 26.0. The summed E-state index contributed by atoms with van der Waals surface area (Å²) in [7, 11) is 6.20. The highest BCUT2D eigenvalue weighted by Gasteiger charge is 2.26. The number of anilines is 1. The van der Waals surface area contributed by atoms with Gasteiger partial charge in [0.2, 0.25) is 0 Å². The van der Waals surface area contributed by atoms with Crippen LogP contribution in [0, 0.1) is 0 Å². The van der Waals surface area contributed by atoms with Crippen LogP contribution in [0.5, 0.6) is 5.75 Å². The number of rotatable bonds is 6. The number of aryl methyl sites for hydroxylation is 1. The van der Waals surface area contributed by atoms with Gasteiger partial charge < -0.3 is 19.5 Å². The number of piperidine rings is 1. The van der Waals surface area contributed by atoms with Gasteiger partial charge >= 0.3 is 0 Å². The Kier molecular flexibility index (Phi) is 6.82. The number of nitrogens with zero attached hydrogens (tertiary/aromatic N) is 5. The van der Waals surface area contributed by atoms with Crippen molar-refractivity contribution in [1.82, 2.24) is 24.6 Å². The Morgan fingerprint density at radius 2 is 1.86 bits per heavy atom. The number of hydrogen-bond acceptors (Lipinski definition) is 6. The highest BCUT2D eigenvalue weighted by atomic mass is 16.5. The van der Waals surface area contributed by atoms with Crippen molar-refractivity contribution in [3.05, 3.63) is 34.2 Å². The zero-order valence-electron chi connectivity index (χ0n) is 21.5. The van der Waals surface area contributed by atoms with Crippen LogP contribution in [0.1, 0.15) is 63.5 Å². The minimum Gasteiger partial charge on any atom is -0.493 e. The number of aromatic nitrogens is 4. The number of hydrogen-bond donors (Lipinski definition) is 1. The molecule has 2 aliphatic rings. The molecule has 2 aromatic heterocycles. The molecule has 1 saturated carbocycles. The molecule has 1 N–H and O–H groups in total. The summed E-state index contributed by atoms with van der Waals surface area (Å²) in [5.74, 6) is 1.62. The fourth-order valence-corrected chi connectivity index (χ4v) is 5.79. The Balaban J connectivity index is 1.49. The largest absolute Gasteiger partial charge is 0.493 e. The van der Waals surface area contributed by atoms with Crippen LogP contribution >= 0.6 is 0 Å². The maximum atomic E-state index is 13.3. The minimum absolute atomic E-state index is 0.115. The van der Waals surface area contributed by atoms with E-state index >= 15 is 0 Å². The first kappa shape index (κ1) is 23.9. The quantitative estimate of drug-likeness (QED) is 0.569. The molecule has 1 saturated heterocycles. The first-order chi connectivity index (χ1) is 17.0. The lowest BCUT2D eigenvalue weighted by Crippen LogP contribution is -2.41. The summed E-state index contributed by atoms with van der Waals surface area (Å²) in [5, 5.41) is 5.39. The van der Waals surface area contributed by atoms with Gasteiger partial charge in [-0.1, -0.05) is 19.3 Å². The molecule has 188 valence electrons. The molecule has 5 rings (SSSR count). The van der Waals surface area contributed by atoms with Gasteiger partial charge in [0.1, 0.15) is 17.0 Å². The molecule has 3 heterocycles. The molecule has 0 amide bonds. The Labute approximate surface area is 207 Å². The number of ether oxygens (including phenoxy) is 1. The molecule has 8 nitrogen and oxygen atoms in total. The number of fused-ring (bicyclic) bond motifs is 1. The van der Waals surface area contributed by atoms with Crippen LogP contribution in [0.15, 0.2) is 23.0 Å².